The summed E-state index contributed by atoms with van der Waals surface area (Å²) >= 11 is 0. The van der Waals surface area contributed by atoms with Crippen molar-refractivity contribution in [1.82, 2.24) is 0 Å². The number of allylic oxidation sites excluding steroid dienone is 3. The van der Waals surface area contributed by atoms with E-state index in [1.54, 1.807) is 6.20 Å². The van der Waals surface area contributed by atoms with Gasteiger partial charge in [-0.25, -0.2) is 0 Å². The van der Waals surface area contributed by atoms with Gasteiger partial charge in [0, 0.05) is 5.41 Å². The zero-order valence-corrected chi connectivity index (χ0v) is 6.02. The van der Waals surface area contributed by atoms with Gasteiger partial charge in [-0.05, 0) is 19.5 Å². The summed E-state index contributed by atoms with van der Waals surface area (Å²) in [6.45, 7) is 4.38. The van der Waals surface area contributed by atoms with Gasteiger partial charge >= 0.3 is 0 Å². The standard InChI is InChI=1S/C8H13N/c1-7-6-8(7,2)4-3-5-9/h3,5-6H,4,9H2,1-2H3/b5-3+. The molecule has 1 rings (SSSR count). The van der Waals surface area contributed by atoms with Crippen LogP contribution in [0.15, 0.2) is 23.9 Å². The Hall–Kier alpha value is -0.720. The Bertz CT molecular complexity index is 167. The maximum absolute atomic E-state index is 5.21. The molecule has 0 aromatic carbocycles. The fourth-order valence-electron chi connectivity index (χ4n) is 0.975. The molecule has 1 atom stereocenters. The van der Waals surface area contributed by atoms with Crippen LogP contribution in [-0.2, 0) is 0 Å². The quantitative estimate of drug-likeness (QED) is 0.557. The Kier molecular flexibility index (Phi) is 1.35. The number of hydrogen-bond donors (Lipinski definition) is 1. The molecule has 0 amide bonds. The zero-order valence-electron chi connectivity index (χ0n) is 6.02. The molecule has 0 fully saturated rings. The van der Waals surface area contributed by atoms with Crippen molar-refractivity contribution in [3.63, 3.8) is 0 Å². The summed E-state index contributed by atoms with van der Waals surface area (Å²) in [7, 11) is 0. The molecule has 2 N–H and O–H groups in total. The van der Waals surface area contributed by atoms with Crippen LogP contribution in [0.5, 0.6) is 0 Å². The van der Waals surface area contributed by atoms with Crippen LogP contribution in [0.1, 0.15) is 20.3 Å². The highest BCUT2D eigenvalue weighted by molar-refractivity contribution is 5.36. The third kappa shape index (κ3) is 1.15. The summed E-state index contributed by atoms with van der Waals surface area (Å²) in [6.07, 6.45) is 6.96. The highest BCUT2D eigenvalue weighted by atomic mass is 14.5. The molecule has 0 radical (unpaired) electrons. The van der Waals surface area contributed by atoms with Crippen LogP contribution in [-0.4, -0.2) is 0 Å². The lowest BCUT2D eigenvalue weighted by Crippen LogP contribution is -1.95. The molecule has 0 aliphatic heterocycles. The third-order valence-corrected chi connectivity index (χ3v) is 2.03. The molecule has 0 aromatic rings. The first-order valence-electron chi connectivity index (χ1n) is 3.26. The van der Waals surface area contributed by atoms with Crippen LogP contribution in [0, 0.1) is 5.41 Å². The molecule has 0 saturated heterocycles. The SMILES string of the molecule is CC1=CC1(C)C/C=C/N. The van der Waals surface area contributed by atoms with Crippen molar-refractivity contribution in [3.05, 3.63) is 23.9 Å². The van der Waals surface area contributed by atoms with Crippen LogP contribution in [0.2, 0.25) is 0 Å². The molecule has 1 nitrogen and oxygen atoms in total. The van der Waals surface area contributed by atoms with Crippen molar-refractivity contribution in [2.45, 2.75) is 20.3 Å². The van der Waals surface area contributed by atoms with Crippen LogP contribution in [0.25, 0.3) is 0 Å². The van der Waals surface area contributed by atoms with Crippen molar-refractivity contribution in [2.75, 3.05) is 0 Å². The lowest BCUT2D eigenvalue weighted by atomic mass is 10.00. The van der Waals surface area contributed by atoms with Crippen LogP contribution in [0.4, 0.5) is 0 Å². The predicted octanol–water partition coefficient (Wildman–Crippen LogP) is 1.82. The Labute approximate surface area is 56.2 Å². The van der Waals surface area contributed by atoms with Crippen molar-refractivity contribution in [3.8, 4) is 0 Å². The Morgan fingerprint density at radius 1 is 1.78 bits per heavy atom. The van der Waals surface area contributed by atoms with Gasteiger partial charge in [-0.2, -0.15) is 0 Å². The predicted molar refractivity (Wildman–Crippen MR) is 39.8 cm³/mol. The van der Waals surface area contributed by atoms with Crippen LogP contribution < -0.4 is 5.73 Å². The number of rotatable bonds is 2. The highest BCUT2D eigenvalue weighted by Crippen LogP contribution is 2.46. The molecule has 0 bridgehead atoms. The third-order valence-electron chi connectivity index (χ3n) is 2.03. The number of nitrogens with two attached hydrogens (primary N) is 1. The zero-order chi connectivity index (χ0) is 6.91. The van der Waals surface area contributed by atoms with Gasteiger partial charge < -0.3 is 5.73 Å². The first kappa shape index (κ1) is 6.40. The summed E-state index contributed by atoms with van der Waals surface area (Å²) in [6, 6.07) is 0. The monoisotopic (exact) mass is 123 g/mol. The van der Waals surface area contributed by atoms with Crippen molar-refractivity contribution in [2.24, 2.45) is 11.1 Å². The molecule has 50 valence electrons. The molecule has 1 aliphatic carbocycles. The van der Waals surface area contributed by atoms with E-state index in [4.69, 9.17) is 5.73 Å². The normalized spacial score (nSPS) is 32.9. The fraction of sp³-hybridized carbons (Fsp3) is 0.500. The van der Waals surface area contributed by atoms with Gasteiger partial charge in [0.05, 0.1) is 0 Å². The Morgan fingerprint density at radius 2 is 2.33 bits per heavy atom. The fourth-order valence-corrected chi connectivity index (χ4v) is 0.975. The maximum Gasteiger partial charge on any atom is 0.00979 e. The molecule has 0 saturated carbocycles. The van der Waals surface area contributed by atoms with Gasteiger partial charge in [0.1, 0.15) is 0 Å². The van der Waals surface area contributed by atoms with E-state index in [9.17, 15) is 0 Å². The van der Waals surface area contributed by atoms with E-state index in [0.717, 1.165) is 6.42 Å². The van der Waals surface area contributed by atoms with E-state index in [1.165, 1.54) is 5.57 Å². The summed E-state index contributed by atoms with van der Waals surface area (Å²) in [5.41, 5.74) is 7.08. The van der Waals surface area contributed by atoms with E-state index in [2.05, 4.69) is 19.9 Å². The lowest BCUT2D eigenvalue weighted by molar-refractivity contribution is 0.627. The average Bonchev–Trinajstić information content (AvgIpc) is 2.38. The molecule has 9 heavy (non-hydrogen) atoms. The minimum atomic E-state index is 0.385. The van der Waals surface area contributed by atoms with Crippen molar-refractivity contribution in [1.29, 1.82) is 0 Å². The Balaban J connectivity index is 2.31. The minimum Gasteiger partial charge on any atom is -0.405 e. The van der Waals surface area contributed by atoms with Gasteiger partial charge in [-0.3, -0.25) is 0 Å². The van der Waals surface area contributed by atoms with E-state index >= 15 is 0 Å². The smallest absolute Gasteiger partial charge is 0.00979 e. The van der Waals surface area contributed by atoms with Crippen molar-refractivity contribution < 1.29 is 0 Å². The van der Waals surface area contributed by atoms with E-state index in [1.807, 2.05) is 6.08 Å². The molecular weight excluding hydrogens is 110 g/mol. The lowest BCUT2D eigenvalue weighted by Gasteiger charge is -2.04. The van der Waals surface area contributed by atoms with Gasteiger partial charge in [-0.15, -0.1) is 0 Å². The highest BCUT2D eigenvalue weighted by Gasteiger charge is 2.33. The number of hydrogen-bond acceptors (Lipinski definition) is 1. The summed E-state index contributed by atoms with van der Waals surface area (Å²) in [4.78, 5) is 0. The van der Waals surface area contributed by atoms with Gasteiger partial charge in [-0.1, -0.05) is 24.6 Å². The average molecular weight is 123 g/mol. The first-order chi connectivity index (χ1) is 4.19. The molecular formula is C8H13N. The van der Waals surface area contributed by atoms with E-state index in [0.29, 0.717) is 5.41 Å². The molecule has 0 spiro atoms. The van der Waals surface area contributed by atoms with Crippen LogP contribution >= 0.6 is 0 Å². The second-order valence-corrected chi connectivity index (χ2v) is 2.88. The van der Waals surface area contributed by atoms with Crippen molar-refractivity contribution >= 4 is 0 Å². The molecule has 0 heterocycles. The largest absolute Gasteiger partial charge is 0.405 e. The topological polar surface area (TPSA) is 26.0 Å². The minimum absolute atomic E-state index is 0.385. The first-order valence-corrected chi connectivity index (χ1v) is 3.26. The van der Waals surface area contributed by atoms with Crippen LogP contribution in [0.3, 0.4) is 0 Å². The molecule has 1 heteroatoms. The van der Waals surface area contributed by atoms with E-state index in [-0.39, 0.29) is 0 Å². The summed E-state index contributed by atoms with van der Waals surface area (Å²) < 4.78 is 0. The Morgan fingerprint density at radius 3 is 2.67 bits per heavy atom. The van der Waals surface area contributed by atoms with Gasteiger partial charge in [0.2, 0.25) is 0 Å². The molecule has 1 aliphatic rings. The van der Waals surface area contributed by atoms with Gasteiger partial charge in [0.15, 0.2) is 0 Å². The van der Waals surface area contributed by atoms with E-state index < -0.39 is 0 Å². The molecule has 0 aromatic heterocycles. The second kappa shape index (κ2) is 1.90. The maximum atomic E-state index is 5.21. The second-order valence-electron chi connectivity index (χ2n) is 2.88. The van der Waals surface area contributed by atoms with Gasteiger partial charge in [0.25, 0.3) is 0 Å². The summed E-state index contributed by atoms with van der Waals surface area (Å²) in [5, 5.41) is 0. The summed E-state index contributed by atoms with van der Waals surface area (Å²) in [5.74, 6) is 0. The molecule has 1 unspecified atom stereocenters.